The van der Waals surface area contributed by atoms with Crippen LogP contribution in [0.25, 0.3) is 16.9 Å². The maximum atomic E-state index is 11.0. The summed E-state index contributed by atoms with van der Waals surface area (Å²) in [6, 6.07) is 11.5. The Morgan fingerprint density at radius 2 is 2.15 bits per heavy atom. The molecule has 0 unspecified atom stereocenters. The minimum absolute atomic E-state index is 0.236. The molecular weight excluding hydrogens is 252 g/mol. The van der Waals surface area contributed by atoms with E-state index in [0.717, 1.165) is 28.2 Å². The predicted molar refractivity (Wildman–Crippen MR) is 76.1 cm³/mol. The third kappa shape index (κ3) is 2.38. The van der Waals surface area contributed by atoms with Crippen LogP contribution in [0.15, 0.2) is 42.6 Å². The lowest BCUT2D eigenvalue weighted by Gasteiger charge is -2.04. The van der Waals surface area contributed by atoms with Gasteiger partial charge in [-0.2, -0.15) is 5.10 Å². The summed E-state index contributed by atoms with van der Waals surface area (Å²) in [5.74, 6) is -0.337. The third-order valence-corrected chi connectivity index (χ3v) is 3.04. The Morgan fingerprint density at radius 1 is 1.30 bits per heavy atom. The molecule has 2 N–H and O–H groups in total. The zero-order valence-electron chi connectivity index (χ0n) is 11.1. The van der Waals surface area contributed by atoms with Gasteiger partial charge in [0.1, 0.15) is 0 Å². The highest BCUT2D eigenvalue weighted by Crippen LogP contribution is 2.19. The van der Waals surface area contributed by atoms with Gasteiger partial charge in [0.15, 0.2) is 5.65 Å². The number of fused-ring (bicyclic) bond motifs is 1. The molecule has 0 fully saturated rings. The topological polar surface area (TPSA) is 73.3 Å². The lowest BCUT2D eigenvalue weighted by atomic mass is 10.1. The minimum Gasteiger partial charge on any atom is -0.369 e. The maximum absolute atomic E-state index is 11.0. The zero-order chi connectivity index (χ0) is 14.1. The van der Waals surface area contributed by atoms with Crippen molar-refractivity contribution in [2.24, 2.45) is 5.73 Å². The molecule has 5 heteroatoms. The fourth-order valence-electron chi connectivity index (χ4n) is 2.20. The number of imidazole rings is 1. The van der Waals surface area contributed by atoms with Crippen LogP contribution in [0.5, 0.6) is 0 Å². The van der Waals surface area contributed by atoms with Crippen molar-refractivity contribution in [3.05, 3.63) is 53.9 Å². The lowest BCUT2D eigenvalue weighted by Crippen LogP contribution is -2.13. The Bertz CT molecular complexity index is 791. The molecule has 1 amide bonds. The molecule has 0 aliphatic rings. The van der Waals surface area contributed by atoms with Crippen molar-refractivity contribution in [2.75, 3.05) is 0 Å². The zero-order valence-corrected chi connectivity index (χ0v) is 11.1. The van der Waals surface area contributed by atoms with E-state index in [1.165, 1.54) is 0 Å². The van der Waals surface area contributed by atoms with Crippen LogP contribution in [0.2, 0.25) is 0 Å². The SMILES string of the molecule is Cc1cn2nc(-c3cccc(CC(N)=O)c3)ccc2n1. The first-order valence-corrected chi connectivity index (χ1v) is 6.32. The predicted octanol–water partition coefficient (Wildman–Crippen LogP) is 1.73. The fourth-order valence-corrected chi connectivity index (χ4v) is 2.20. The lowest BCUT2D eigenvalue weighted by molar-refractivity contribution is -0.117. The average Bonchev–Trinajstić information content (AvgIpc) is 2.77. The van der Waals surface area contributed by atoms with Crippen LogP contribution >= 0.6 is 0 Å². The van der Waals surface area contributed by atoms with Crippen LogP contribution < -0.4 is 5.73 Å². The molecule has 0 radical (unpaired) electrons. The molecule has 0 aliphatic carbocycles. The van der Waals surface area contributed by atoms with Gasteiger partial charge >= 0.3 is 0 Å². The van der Waals surface area contributed by atoms with E-state index in [1.807, 2.05) is 49.5 Å². The Hall–Kier alpha value is -2.69. The van der Waals surface area contributed by atoms with E-state index in [2.05, 4.69) is 10.1 Å². The van der Waals surface area contributed by atoms with Crippen molar-refractivity contribution in [3.8, 4) is 11.3 Å². The number of carbonyl (C=O) groups is 1. The van der Waals surface area contributed by atoms with Gasteiger partial charge in [-0.25, -0.2) is 9.50 Å². The van der Waals surface area contributed by atoms with Gasteiger partial charge in [-0.15, -0.1) is 0 Å². The molecule has 0 bridgehead atoms. The van der Waals surface area contributed by atoms with Crippen molar-refractivity contribution in [1.82, 2.24) is 14.6 Å². The third-order valence-electron chi connectivity index (χ3n) is 3.04. The molecule has 2 heterocycles. The van der Waals surface area contributed by atoms with Crippen LogP contribution in [0.1, 0.15) is 11.3 Å². The summed E-state index contributed by atoms with van der Waals surface area (Å²) < 4.78 is 1.76. The quantitative estimate of drug-likeness (QED) is 0.784. The van der Waals surface area contributed by atoms with Crippen LogP contribution in [0.4, 0.5) is 0 Å². The van der Waals surface area contributed by atoms with E-state index in [1.54, 1.807) is 4.52 Å². The normalized spacial score (nSPS) is 10.8. The molecular formula is C15H14N4O. The van der Waals surface area contributed by atoms with Crippen molar-refractivity contribution in [3.63, 3.8) is 0 Å². The summed E-state index contributed by atoms with van der Waals surface area (Å²) in [5.41, 5.74) is 9.65. The van der Waals surface area contributed by atoms with Gasteiger partial charge < -0.3 is 5.73 Å². The molecule has 0 saturated carbocycles. The van der Waals surface area contributed by atoms with Crippen LogP contribution in [-0.4, -0.2) is 20.5 Å². The number of hydrogen-bond acceptors (Lipinski definition) is 3. The highest BCUT2D eigenvalue weighted by molar-refractivity contribution is 5.77. The number of rotatable bonds is 3. The number of carbonyl (C=O) groups excluding carboxylic acids is 1. The summed E-state index contributed by atoms with van der Waals surface area (Å²) in [4.78, 5) is 15.3. The van der Waals surface area contributed by atoms with Crippen molar-refractivity contribution < 1.29 is 4.79 Å². The standard InChI is InChI=1S/C15H14N4O/c1-10-9-19-15(17-10)6-5-13(18-19)12-4-2-3-11(7-12)8-14(16)20/h2-7,9H,8H2,1H3,(H2,16,20). The summed E-state index contributed by atoms with van der Waals surface area (Å²) in [7, 11) is 0. The smallest absolute Gasteiger partial charge is 0.221 e. The van der Waals surface area contributed by atoms with E-state index in [0.29, 0.717) is 0 Å². The fraction of sp³-hybridized carbons (Fsp3) is 0.133. The van der Waals surface area contributed by atoms with E-state index in [4.69, 9.17) is 5.73 Å². The number of nitrogens with two attached hydrogens (primary N) is 1. The molecule has 3 aromatic rings. The second-order valence-electron chi connectivity index (χ2n) is 4.75. The molecule has 0 saturated heterocycles. The molecule has 20 heavy (non-hydrogen) atoms. The first-order valence-electron chi connectivity index (χ1n) is 6.32. The van der Waals surface area contributed by atoms with Gasteiger partial charge in [0.2, 0.25) is 5.91 Å². The highest BCUT2D eigenvalue weighted by Gasteiger charge is 2.05. The van der Waals surface area contributed by atoms with Crippen LogP contribution in [0.3, 0.4) is 0 Å². The van der Waals surface area contributed by atoms with E-state index in [9.17, 15) is 4.79 Å². The van der Waals surface area contributed by atoms with Crippen LogP contribution in [0, 0.1) is 6.92 Å². The molecule has 1 aromatic carbocycles. The van der Waals surface area contributed by atoms with Gasteiger partial charge in [0.25, 0.3) is 0 Å². The number of primary amides is 1. The van der Waals surface area contributed by atoms with Gasteiger partial charge in [0.05, 0.1) is 24.0 Å². The van der Waals surface area contributed by atoms with Gasteiger partial charge in [-0.1, -0.05) is 18.2 Å². The number of nitrogens with zero attached hydrogens (tertiary/aromatic N) is 3. The Morgan fingerprint density at radius 3 is 2.95 bits per heavy atom. The molecule has 5 nitrogen and oxygen atoms in total. The molecule has 0 spiro atoms. The summed E-state index contributed by atoms with van der Waals surface area (Å²) in [6.07, 6.45) is 2.12. The number of hydrogen-bond donors (Lipinski definition) is 1. The van der Waals surface area contributed by atoms with E-state index >= 15 is 0 Å². The number of benzene rings is 1. The van der Waals surface area contributed by atoms with E-state index < -0.39 is 0 Å². The number of aryl methyl sites for hydroxylation is 1. The van der Waals surface area contributed by atoms with Crippen molar-refractivity contribution >= 4 is 11.6 Å². The van der Waals surface area contributed by atoms with Gasteiger partial charge in [-0.3, -0.25) is 4.79 Å². The van der Waals surface area contributed by atoms with Crippen molar-refractivity contribution in [2.45, 2.75) is 13.3 Å². The van der Waals surface area contributed by atoms with E-state index in [-0.39, 0.29) is 12.3 Å². The Labute approximate surface area is 116 Å². The molecule has 2 aromatic heterocycles. The van der Waals surface area contributed by atoms with Gasteiger partial charge in [-0.05, 0) is 30.7 Å². The largest absolute Gasteiger partial charge is 0.369 e. The second kappa shape index (κ2) is 4.77. The molecule has 0 aliphatic heterocycles. The first-order chi connectivity index (χ1) is 9.61. The Balaban J connectivity index is 2.03. The summed E-state index contributed by atoms with van der Waals surface area (Å²) in [5, 5.41) is 4.52. The number of aromatic nitrogens is 3. The monoisotopic (exact) mass is 266 g/mol. The summed E-state index contributed by atoms with van der Waals surface area (Å²) >= 11 is 0. The average molecular weight is 266 g/mol. The first kappa shape index (κ1) is 12.3. The van der Waals surface area contributed by atoms with Gasteiger partial charge in [0, 0.05) is 5.56 Å². The summed E-state index contributed by atoms with van der Waals surface area (Å²) in [6.45, 7) is 1.93. The maximum Gasteiger partial charge on any atom is 0.221 e. The Kier molecular flexibility index (Phi) is 2.95. The minimum atomic E-state index is -0.337. The highest BCUT2D eigenvalue weighted by atomic mass is 16.1. The number of amides is 1. The second-order valence-corrected chi connectivity index (χ2v) is 4.75. The molecule has 100 valence electrons. The molecule has 3 rings (SSSR count). The van der Waals surface area contributed by atoms with Crippen LogP contribution in [-0.2, 0) is 11.2 Å². The molecule has 0 atom stereocenters. The van der Waals surface area contributed by atoms with Crippen molar-refractivity contribution in [1.29, 1.82) is 0 Å².